The van der Waals surface area contributed by atoms with Crippen molar-refractivity contribution < 1.29 is 89.4 Å². The van der Waals surface area contributed by atoms with Gasteiger partial charge in [-0.2, -0.15) is 0 Å². The highest BCUT2D eigenvalue weighted by atomic mass is 16.8. The predicted molar refractivity (Wildman–Crippen MR) is 351 cm³/mol. The molecule has 3 rings (SSSR count). The Bertz CT molecular complexity index is 1960. The largest absolute Gasteiger partial charge is 0.394 e. The molecule has 1 amide bonds. The van der Waals surface area contributed by atoms with Crippen LogP contribution in [0.15, 0.2) is 85.1 Å². The summed E-state index contributed by atoms with van der Waals surface area (Å²) in [4.78, 5) is 13.4. The fraction of sp³-hybridized carbons (Fsp3) is 0.789. The van der Waals surface area contributed by atoms with Crippen molar-refractivity contribution in [3.63, 3.8) is 0 Å². The molecule has 0 saturated carbocycles. The third-order valence-electron chi connectivity index (χ3n) is 16.9. The number of nitrogens with one attached hydrogen (secondary N) is 1. The van der Waals surface area contributed by atoms with Crippen molar-refractivity contribution in [1.82, 2.24) is 5.32 Å². The quantitative estimate of drug-likeness (QED) is 0.0200. The summed E-state index contributed by atoms with van der Waals surface area (Å²) in [5, 5.41) is 120. The lowest BCUT2D eigenvalue weighted by Crippen LogP contribution is -2.66. The lowest BCUT2D eigenvalue weighted by atomic mass is 9.96. The van der Waals surface area contributed by atoms with Crippen LogP contribution < -0.4 is 5.32 Å². The fourth-order valence-electron chi connectivity index (χ4n) is 11.3. The van der Waals surface area contributed by atoms with Crippen LogP contribution in [0.2, 0.25) is 0 Å². The first-order chi connectivity index (χ1) is 43.8. The summed E-state index contributed by atoms with van der Waals surface area (Å²) in [7, 11) is 0. The lowest BCUT2D eigenvalue weighted by Gasteiger charge is -2.48. The summed E-state index contributed by atoms with van der Waals surface area (Å²) in [6.07, 6.45) is 39.9. The number of ether oxygens (including phenoxy) is 6. The van der Waals surface area contributed by atoms with E-state index in [4.69, 9.17) is 28.4 Å². The topological polar surface area (TPSA) is 307 Å². The van der Waals surface area contributed by atoms with Gasteiger partial charge >= 0.3 is 0 Å². The number of amides is 1. The highest BCUT2D eigenvalue weighted by molar-refractivity contribution is 5.76. The van der Waals surface area contributed by atoms with Crippen LogP contribution in [-0.4, -0.2) is 193 Å². The molecule has 3 aliphatic rings. The van der Waals surface area contributed by atoms with Gasteiger partial charge in [0.2, 0.25) is 5.91 Å². The number of hydrogen-bond donors (Lipinski definition) is 12. The first-order valence-corrected chi connectivity index (χ1v) is 34.8. The van der Waals surface area contributed by atoms with E-state index in [1.54, 1.807) is 6.08 Å². The molecule has 19 nitrogen and oxygen atoms in total. The second-order valence-electron chi connectivity index (χ2n) is 24.6. The van der Waals surface area contributed by atoms with E-state index in [1.807, 2.05) is 6.08 Å². The van der Waals surface area contributed by atoms with Crippen molar-refractivity contribution >= 4 is 5.91 Å². The minimum absolute atomic E-state index is 0.211. The Hall–Kier alpha value is -3.03. The Morgan fingerprint density at radius 2 is 0.778 bits per heavy atom. The zero-order valence-electron chi connectivity index (χ0n) is 54.8. The van der Waals surface area contributed by atoms with Gasteiger partial charge in [0, 0.05) is 6.42 Å². The maximum absolute atomic E-state index is 13.4. The second-order valence-corrected chi connectivity index (χ2v) is 24.6. The van der Waals surface area contributed by atoms with Crippen LogP contribution in [0.3, 0.4) is 0 Å². The van der Waals surface area contributed by atoms with E-state index >= 15 is 0 Å². The molecule has 90 heavy (non-hydrogen) atoms. The zero-order chi connectivity index (χ0) is 65.4. The molecule has 0 aromatic carbocycles. The van der Waals surface area contributed by atoms with Crippen LogP contribution in [0.5, 0.6) is 0 Å². The number of aliphatic hydroxyl groups is 11. The van der Waals surface area contributed by atoms with Gasteiger partial charge in [0.15, 0.2) is 18.9 Å². The van der Waals surface area contributed by atoms with Crippen LogP contribution in [0.1, 0.15) is 226 Å². The highest BCUT2D eigenvalue weighted by Crippen LogP contribution is 2.33. The number of carbonyl (C=O) groups excluding carboxylic acids is 1. The summed E-state index contributed by atoms with van der Waals surface area (Å²) < 4.78 is 34.3. The Balaban J connectivity index is 1.47. The van der Waals surface area contributed by atoms with Gasteiger partial charge in [-0.3, -0.25) is 4.79 Å². The van der Waals surface area contributed by atoms with Crippen molar-refractivity contribution in [2.24, 2.45) is 0 Å². The molecule has 0 aromatic heterocycles. The molecule has 0 bridgehead atoms. The summed E-state index contributed by atoms with van der Waals surface area (Å²) in [5.74, 6) is -0.306. The van der Waals surface area contributed by atoms with Crippen LogP contribution in [0.25, 0.3) is 0 Å². The Morgan fingerprint density at radius 1 is 0.411 bits per heavy atom. The van der Waals surface area contributed by atoms with Gasteiger partial charge in [-0.15, -0.1) is 0 Å². The van der Waals surface area contributed by atoms with Gasteiger partial charge in [0.05, 0.1) is 38.6 Å². The van der Waals surface area contributed by atoms with Crippen LogP contribution in [-0.2, 0) is 33.2 Å². The molecule has 520 valence electrons. The van der Waals surface area contributed by atoms with Crippen LogP contribution in [0, 0.1) is 0 Å². The molecular weight excluding hydrogens is 1150 g/mol. The van der Waals surface area contributed by atoms with E-state index in [-0.39, 0.29) is 18.9 Å². The number of aliphatic hydroxyl groups excluding tert-OH is 11. The second kappa shape index (κ2) is 52.3. The van der Waals surface area contributed by atoms with Gasteiger partial charge < -0.3 is 89.9 Å². The Morgan fingerprint density at radius 3 is 1.24 bits per heavy atom. The molecule has 0 spiro atoms. The van der Waals surface area contributed by atoms with Crippen molar-refractivity contribution in [3.05, 3.63) is 85.1 Å². The minimum atomic E-state index is -1.99. The van der Waals surface area contributed by atoms with Crippen LogP contribution in [0.4, 0.5) is 0 Å². The molecule has 17 unspecified atom stereocenters. The van der Waals surface area contributed by atoms with E-state index in [1.165, 1.54) is 103 Å². The number of allylic oxidation sites excluding steroid dienone is 13. The molecule has 3 fully saturated rings. The Kier molecular flexibility index (Phi) is 47.2. The average Bonchev–Trinajstić information content (AvgIpc) is 0.846. The molecule has 19 heteroatoms. The Labute approximate surface area is 540 Å². The third kappa shape index (κ3) is 33.9. The van der Waals surface area contributed by atoms with Gasteiger partial charge in [0.1, 0.15) is 73.2 Å². The summed E-state index contributed by atoms with van der Waals surface area (Å²) in [6, 6.07) is -1.01. The normalized spacial score (nSPS) is 28.6. The monoisotopic (exact) mass is 1280 g/mol. The summed E-state index contributed by atoms with van der Waals surface area (Å²) in [6.45, 7) is 1.58. The summed E-state index contributed by atoms with van der Waals surface area (Å²) >= 11 is 0. The van der Waals surface area contributed by atoms with Gasteiger partial charge in [-0.25, -0.2) is 0 Å². The SMILES string of the molecule is CC/C=C\C/C=C\C/C=C\C/C=C\CCCCCCCCC(=O)NC(COC1OC(CO)C(OC2OC(CO)C(OC3OC(CO)C(O)C(O)C3O)C(O)C2O)C(O)C1O)C(O)/C=C/CC/C=C/CC/C=C/CCCCCCCCCCCCCCCCCC. The van der Waals surface area contributed by atoms with Gasteiger partial charge in [-0.1, -0.05) is 221 Å². The zero-order valence-corrected chi connectivity index (χ0v) is 54.8. The maximum Gasteiger partial charge on any atom is 0.220 e. The number of rotatable bonds is 52. The number of hydrogen-bond acceptors (Lipinski definition) is 18. The summed E-state index contributed by atoms with van der Waals surface area (Å²) in [5.41, 5.74) is 0. The first kappa shape index (κ1) is 81.2. The van der Waals surface area contributed by atoms with E-state index in [0.717, 1.165) is 89.9 Å². The van der Waals surface area contributed by atoms with E-state index in [0.29, 0.717) is 12.8 Å². The van der Waals surface area contributed by atoms with Crippen molar-refractivity contribution in [3.8, 4) is 0 Å². The molecule has 3 heterocycles. The molecule has 0 radical (unpaired) electrons. The molecular formula is C71H123NO18. The third-order valence-corrected chi connectivity index (χ3v) is 16.9. The predicted octanol–water partition coefficient (Wildman–Crippen LogP) is 9.10. The molecule has 0 aliphatic carbocycles. The number of carbonyl (C=O) groups is 1. The average molecular weight is 1280 g/mol. The molecule has 3 aliphatic heterocycles. The van der Waals surface area contributed by atoms with Gasteiger partial charge in [-0.05, 0) is 83.5 Å². The maximum atomic E-state index is 13.4. The van der Waals surface area contributed by atoms with Crippen molar-refractivity contribution in [1.29, 1.82) is 0 Å². The molecule has 0 aromatic rings. The van der Waals surface area contributed by atoms with Crippen molar-refractivity contribution in [2.75, 3.05) is 26.4 Å². The molecule has 17 atom stereocenters. The van der Waals surface area contributed by atoms with Crippen LogP contribution >= 0.6 is 0 Å². The van der Waals surface area contributed by atoms with E-state index < -0.39 is 124 Å². The van der Waals surface area contributed by atoms with E-state index in [9.17, 15) is 61.0 Å². The lowest BCUT2D eigenvalue weighted by molar-refractivity contribution is -0.379. The smallest absolute Gasteiger partial charge is 0.220 e. The molecule has 3 saturated heterocycles. The van der Waals surface area contributed by atoms with E-state index in [2.05, 4.69) is 92.1 Å². The number of unbranched alkanes of at least 4 members (excludes halogenated alkanes) is 24. The highest BCUT2D eigenvalue weighted by Gasteiger charge is 2.53. The fourth-order valence-corrected chi connectivity index (χ4v) is 11.3. The standard InChI is InChI=1S/C71H123NO18/c1-3-5-7-9-11-13-15-17-19-21-23-24-25-26-27-28-29-31-32-34-36-38-40-42-44-46-48-55(76)54(72-59(77)49-47-45-43-41-39-37-35-33-30-22-20-18-16-14-12-10-8-6-4-2)53-85-69-65(83)62(80)67(57(51-74)87-69)90-71-66(84)63(81)68(58(52-75)88-71)89-70-64(82)61(79)60(78)56(50-73)86-70/h6,8,12,14,18,20,30-33,38,40,46,48,54-58,60-71,73-76,78-84H,3-5,7,9-11,13,15-17,19,21-29,34-37,39,41-45,47,49-53H2,1-2H3,(H,72,77)/b8-6-,14-12-,20-18-,32-31+,33-30-,40-38+,48-46+. The molecule has 12 N–H and O–H groups in total. The van der Waals surface area contributed by atoms with Gasteiger partial charge in [0.25, 0.3) is 0 Å². The first-order valence-electron chi connectivity index (χ1n) is 34.8. The van der Waals surface area contributed by atoms with Crippen molar-refractivity contribution in [2.45, 2.75) is 330 Å². The minimum Gasteiger partial charge on any atom is -0.394 e.